The van der Waals surface area contributed by atoms with E-state index in [1.807, 2.05) is 12.4 Å². The molecule has 2 fully saturated rings. The normalized spacial score (nSPS) is 19.3. The average molecular weight is 717 g/mol. The molecule has 2 atom stereocenters. The molecule has 0 N–H and O–H groups in total. The highest BCUT2D eigenvalue weighted by molar-refractivity contribution is 5.10. The van der Waals surface area contributed by atoms with E-state index in [9.17, 15) is 0 Å². The van der Waals surface area contributed by atoms with Gasteiger partial charge in [0.2, 0.25) is 0 Å². The van der Waals surface area contributed by atoms with E-state index in [2.05, 4.69) is 84.5 Å². The highest BCUT2D eigenvalue weighted by Crippen LogP contribution is 2.41. The molecule has 1 aromatic heterocycles. The van der Waals surface area contributed by atoms with Crippen LogP contribution in [0.2, 0.25) is 0 Å². The van der Waals surface area contributed by atoms with Gasteiger partial charge >= 0.3 is 0 Å². The highest BCUT2D eigenvalue weighted by atomic mass is 16.8. The molecule has 0 aliphatic carbocycles. The molecule has 3 heterocycles. The fourth-order valence-corrected chi connectivity index (χ4v) is 7.80. The number of hydrogen-bond acceptors (Lipinski definition) is 4. The zero-order chi connectivity index (χ0) is 36.6. The van der Waals surface area contributed by atoms with Crippen LogP contribution >= 0.6 is 0 Å². The number of nitrogens with zero attached hydrogens (tertiary/aromatic N) is 2. The van der Waals surface area contributed by atoms with Gasteiger partial charge in [0.15, 0.2) is 5.79 Å². The predicted molar refractivity (Wildman–Crippen MR) is 225 cm³/mol. The van der Waals surface area contributed by atoms with Gasteiger partial charge in [-0.25, -0.2) is 0 Å². The summed E-state index contributed by atoms with van der Waals surface area (Å²) in [6, 6.07) is 4.28. The molecule has 0 aromatic carbocycles. The molecule has 52 heavy (non-hydrogen) atoms. The summed E-state index contributed by atoms with van der Waals surface area (Å²) < 4.78 is 13.9. The van der Waals surface area contributed by atoms with Gasteiger partial charge in [-0.05, 0) is 101 Å². The Balaban J connectivity index is 1.31. The summed E-state index contributed by atoms with van der Waals surface area (Å²) in [6.07, 6.45) is 57.1. The average Bonchev–Trinajstić information content (AvgIpc) is 3.52. The molecule has 4 heteroatoms. The van der Waals surface area contributed by atoms with E-state index in [0.29, 0.717) is 0 Å². The second-order valence-electron chi connectivity index (χ2n) is 15.8. The van der Waals surface area contributed by atoms with Crippen molar-refractivity contribution >= 4 is 0 Å². The second kappa shape index (κ2) is 30.3. The van der Waals surface area contributed by atoms with Gasteiger partial charge in [0, 0.05) is 44.9 Å². The number of allylic oxidation sites excluding steroid dienone is 8. The predicted octanol–water partition coefficient (Wildman–Crippen LogP) is 14.2. The number of unbranched alkanes of at least 4 members (excludes halogenated alkanes) is 18. The number of piperidine rings is 1. The van der Waals surface area contributed by atoms with Gasteiger partial charge < -0.3 is 9.47 Å². The number of likely N-dealkylation sites (tertiary alicyclic amines) is 1. The van der Waals surface area contributed by atoms with Gasteiger partial charge in [-0.2, -0.15) is 0 Å². The third-order valence-corrected chi connectivity index (χ3v) is 11.0. The zero-order valence-electron chi connectivity index (χ0n) is 34.0. The van der Waals surface area contributed by atoms with Crippen LogP contribution in [0, 0.1) is 0 Å². The fourth-order valence-electron chi connectivity index (χ4n) is 7.80. The van der Waals surface area contributed by atoms with Crippen molar-refractivity contribution in [2.24, 2.45) is 0 Å². The second-order valence-corrected chi connectivity index (χ2v) is 15.8. The molecule has 2 saturated heterocycles. The van der Waals surface area contributed by atoms with Crippen LogP contribution in [0.1, 0.15) is 193 Å². The first kappa shape index (κ1) is 44.4. The van der Waals surface area contributed by atoms with E-state index >= 15 is 0 Å². The first-order valence-electron chi connectivity index (χ1n) is 22.3. The van der Waals surface area contributed by atoms with Gasteiger partial charge in [-0.15, -0.1) is 0 Å². The molecule has 2 aliphatic heterocycles. The molecule has 0 bridgehead atoms. The van der Waals surface area contributed by atoms with Crippen molar-refractivity contribution in [3.8, 4) is 0 Å². The summed E-state index contributed by atoms with van der Waals surface area (Å²) in [5, 5.41) is 0. The van der Waals surface area contributed by atoms with Crippen LogP contribution in [-0.2, 0) is 16.0 Å². The van der Waals surface area contributed by atoms with Gasteiger partial charge in [-0.1, -0.05) is 140 Å². The van der Waals surface area contributed by atoms with Gasteiger partial charge in [0.05, 0.1) is 12.2 Å². The van der Waals surface area contributed by atoms with Crippen LogP contribution in [-0.4, -0.2) is 41.0 Å². The van der Waals surface area contributed by atoms with E-state index in [1.165, 1.54) is 147 Å². The Morgan fingerprint density at radius 3 is 1.52 bits per heavy atom. The lowest BCUT2D eigenvalue weighted by atomic mass is 9.98. The molecular formula is C48H80N2O2. The number of fused-ring (bicyclic) bond motifs is 1. The Hall–Kier alpha value is -2.01. The lowest BCUT2D eigenvalue weighted by molar-refractivity contribution is -0.185. The van der Waals surface area contributed by atoms with Crippen molar-refractivity contribution in [1.29, 1.82) is 0 Å². The Labute approximate surface area is 322 Å². The lowest BCUT2D eigenvalue weighted by Gasteiger charge is -2.32. The Morgan fingerprint density at radius 1 is 0.577 bits per heavy atom. The standard InChI is InChI=1S/C48H80N2O2/c1-3-5-7-9-11-13-15-17-19-21-23-25-27-29-31-33-38-48(39-34-32-30-28-26-24-22-20-18-16-14-12-10-8-6-4-2)51-46-37-42-50(44-47(46)52-48)43-45-35-40-49-41-36-45/h11-14,17-20,35-36,40-41,46-47H,3-10,15-16,21-34,37-39,42-44H2,1-2H3/b13-11-,14-12-,19-17-,20-18-/t46-,47-/m1/s1. The maximum atomic E-state index is 6.97. The minimum atomic E-state index is -0.369. The van der Waals surface area contributed by atoms with Crippen LogP contribution < -0.4 is 0 Å². The summed E-state index contributed by atoms with van der Waals surface area (Å²) in [7, 11) is 0. The molecule has 0 unspecified atom stereocenters. The van der Waals surface area contributed by atoms with Crippen molar-refractivity contribution in [3.05, 3.63) is 78.7 Å². The van der Waals surface area contributed by atoms with Crippen molar-refractivity contribution in [2.45, 2.75) is 212 Å². The Bertz CT molecular complexity index is 1030. The topological polar surface area (TPSA) is 34.6 Å². The Kier molecular flexibility index (Phi) is 25.9. The summed E-state index contributed by atoms with van der Waals surface area (Å²) in [5.74, 6) is -0.369. The molecule has 0 radical (unpaired) electrons. The minimum Gasteiger partial charge on any atom is -0.344 e. The van der Waals surface area contributed by atoms with E-state index in [-0.39, 0.29) is 18.0 Å². The van der Waals surface area contributed by atoms with Crippen LogP contribution in [0.4, 0.5) is 0 Å². The molecular weight excluding hydrogens is 637 g/mol. The lowest BCUT2D eigenvalue weighted by Crippen LogP contribution is -2.44. The number of pyridine rings is 1. The van der Waals surface area contributed by atoms with Crippen molar-refractivity contribution in [3.63, 3.8) is 0 Å². The number of hydrogen-bond donors (Lipinski definition) is 0. The van der Waals surface area contributed by atoms with E-state index in [4.69, 9.17) is 9.47 Å². The van der Waals surface area contributed by atoms with E-state index < -0.39 is 0 Å². The maximum absolute atomic E-state index is 6.97. The molecule has 0 amide bonds. The molecule has 0 spiro atoms. The van der Waals surface area contributed by atoms with Crippen LogP contribution in [0.5, 0.6) is 0 Å². The highest BCUT2D eigenvalue weighted by Gasteiger charge is 2.48. The van der Waals surface area contributed by atoms with Crippen molar-refractivity contribution < 1.29 is 9.47 Å². The van der Waals surface area contributed by atoms with Crippen LogP contribution in [0.25, 0.3) is 0 Å². The maximum Gasteiger partial charge on any atom is 0.169 e. The number of aromatic nitrogens is 1. The molecule has 3 rings (SSSR count). The first-order valence-corrected chi connectivity index (χ1v) is 22.3. The molecule has 2 aliphatic rings. The van der Waals surface area contributed by atoms with Crippen molar-refractivity contribution in [2.75, 3.05) is 13.1 Å². The molecule has 4 nitrogen and oxygen atoms in total. The largest absolute Gasteiger partial charge is 0.344 e. The first-order chi connectivity index (χ1) is 25.7. The third-order valence-electron chi connectivity index (χ3n) is 11.0. The van der Waals surface area contributed by atoms with Gasteiger partial charge in [0.1, 0.15) is 0 Å². The third kappa shape index (κ3) is 21.0. The Morgan fingerprint density at radius 2 is 1.02 bits per heavy atom. The quantitative estimate of drug-likeness (QED) is 0.0549. The summed E-state index contributed by atoms with van der Waals surface area (Å²) in [5.41, 5.74) is 1.33. The SMILES string of the molecule is CCCCC/C=C\C/C=C\CCCCCCCCC1(CCCCCCCC/C=C\C/C=C\CCCCC)O[C@@H]2CCN(Cc3ccncc3)C[C@H]2O1. The fraction of sp³-hybridized carbons (Fsp3) is 0.729. The van der Waals surface area contributed by atoms with E-state index in [0.717, 1.165) is 51.7 Å². The van der Waals surface area contributed by atoms with E-state index in [1.54, 1.807) is 0 Å². The van der Waals surface area contributed by atoms with Crippen molar-refractivity contribution in [1.82, 2.24) is 9.88 Å². The zero-order valence-corrected chi connectivity index (χ0v) is 34.0. The van der Waals surface area contributed by atoms with Crippen LogP contribution in [0.15, 0.2) is 73.1 Å². The molecule has 294 valence electrons. The number of ether oxygens (including phenoxy) is 2. The van der Waals surface area contributed by atoms with Crippen LogP contribution in [0.3, 0.4) is 0 Å². The summed E-state index contributed by atoms with van der Waals surface area (Å²) in [6.45, 7) is 7.57. The molecule has 1 aromatic rings. The van der Waals surface area contributed by atoms with Gasteiger partial charge in [-0.3, -0.25) is 9.88 Å². The van der Waals surface area contributed by atoms with Gasteiger partial charge in [0.25, 0.3) is 0 Å². The summed E-state index contributed by atoms with van der Waals surface area (Å²) in [4.78, 5) is 6.75. The number of rotatable bonds is 32. The summed E-state index contributed by atoms with van der Waals surface area (Å²) >= 11 is 0. The molecule has 0 saturated carbocycles. The smallest absolute Gasteiger partial charge is 0.169 e. The minimum absolute atomic E-state index is 0.199. The monoisotopic (exact) mass is 717 g/mol.